The summed E-state index contributed by atoms with van der Waals surface area (Å²) >= 11 is 0. The van der Waals surface area contributed by atoms with E-state index in [1.54, 1.807) is 36.1 Å². The van der Waals surface area contributed by atoms with Crippen LogP contribution in [0.4, 0.5) is 10.3 Å². The van der Waals surface area contributed by atoms with E-state index in [1.807, 2.05) is 25.1 Å². The van der Waals surface area contributed by atoms with Gasteiger partial charge in [-0.1, -0.05) is 6.07 Å². The van der Waals surface area contributed by atoms with Crippen molar-refractivity contribution in [2.24, 2.45) is 7.05 Å². The zero-order chi connectivity index (χ0) is 19.7. The van der Waals surface area contributed by atoms with E-state index in [9.17, 15) is 9.18 Å². The van der Waals surface area contributed by atoms with Crippen molar-refractivity contribution in [3.05, 3.63) is 76.1 Å². The molecule has 0 bridgehead atoms. The molecule has 1 saturated heterocycles. The molecule has 1 aliphatic heterocycles. The van der Waals surface area contributed by atoms with Gasteiger partial charge in [-0.3, -0.25) is 14.3 Å². The van der Waals surface area contributed by atoms with Crippen LogP contribution in [0.25, 0.3) is 11.3 Å². The van der Waals surface area contributed by atoms with Crippen LogP contribution in [0.1, 0.15) is 17.2 Å². The van der Waals surface area contributed by atoms with Crippen molar-refractivity contribution in [1.82, 2.24) is 19.9 Å². The molecule has 1 aromatic carbocycles. The van der Waals surface area contributed by atoms with Crippen LogP contribution in [0.15, 0.2) is 53.6 Å². The topological polar surface area (TPSA) is 63.1 Å². The number of hydrogen-bond acceptors (Lipinski definition) is 5. The molecule has 152 valence electrons. The van der Waals surface area contributed by atoms with Crippen LogP contribution in [-0.2, 0) is 7.05 Å². The molecule has 1 unspecified atom stereocenters. The highest BCUT2D eigenvalue weighted by atomic mass is 35.5. The fraction of sp³-hybridized carbons (Fsp3) is 0.286. The van der Waals surface area contributed by atoms with E-state index in [-0.39, 0.29) is 29.8 Å². The van der Waals surface area contributed by atoms with E-state index in [4.69, 9.17) is 4.98 Å². The zero-order valence-corrected chi connectivity index (χ0v) is 17.1. The Hall–Kier alpha value is -2.77. The summed E-state index contributed by atoms with van der Waals surface area (Å²) in [7, 11) is 1.74. The first-order valence-corrected chi connectivity index (χ1v) is 9.26. The maximum absolute atomic E-state index is 13.5. The van der Waals surface area contributed by atoms with Gasteiger partial charge in [0.2, 0.25) is 5.95 Å². The second kappa shape index (κ2) is 8.71. The molecule has 29 heavy (non-hydrogen) atoms. The van der Waals surface area contributed by atoms with Crippen molar-refractivity contribution in [3.8, 4) is 11.3 Å². The highest BCUT2D eigenvalue weighted by Crippen LogP contribution is 2.25. The summed E-state index contributed by atoms with van der Waals surface area (Å²) in [5, 5.41) is 3.49. The number of nitrogens with zero attached hydrogens (tertiary/aromatic N) is 4. The molecule has 1 fully saturated rings. The van der Waals surface area contributed by atoms with Crippen LogP contribution in [0.2, 0.25) is 0 Å². The molecule has 3 aromatic rings. The number of rotatable bonds is 3. The average molecular weight is 416 g/mol. The van der Waals surface area contributed by atoms with Crippen molar-refractivity contribution in [1.29, 1.82) is 0 Å². The van der Waals surface area contributed by atoms with Gasteiger partial charge in [0, 0.05) is 50.7 Å². The SMILES string of the molecule is Cc1cc(F)ccc1C1CN(c2nc(-c3ccncc3)cc(=O)n2C)CCN1.Cl. The number of aryl methyl sites for hydroxylation is 1. The smallest absolute Gasteiger partial charge is 0.255 e. The van der Waals surface area contributed by atoms with Crippen LogP contribution in [0.5, 0.6) is 0 Å². The number of piperazine rings is 1. The molecular formula is C21H23ClFN5O. The monoisotopic (exact) mass is 415 g/mol. The van der Waals surface area contributed by atoms with Crippen molar-refractivity contribution >= 4 is 18.4 Å². The summed E-state index contributed by atoms with van der Waals surface area (Å²) < 4.78 is 15.0. The summed E-state index contributed by atoms with van der Waals surface area (Å²) in [6.07, 6.45) is 3.37. The largest absolute Gasteiger partial charge is 0.339 e. The van der Waals surface area contributed by atoms with E-state index in [2.05, 4.69) is 15.2 Å². The van der Waals surface area contributed by atoms with Gasteiger partial charge in [0.25, 0.3) is 5.56 Å². The van der Waals surface area contributed by atoms with Crippen molar-refractivity contribution < 1.29 is 4.39 Å². The Kier molecular flexibility index (Phi) is 6.30. The molecule has 0 saturated carbocycles. The lowest BCUT2D eigenvalue weighted by molar-refractivity contribution is 0.460. The molecule has 6 nitrogen and oxygen atoms in total. The predicted octanol–water partition coefficient (Wildman–Crippen LogP) is 2.86. The van der Waals surface area contributed by atoms with Gasteiger partial charge in [-0.05, 0) is 42.3 Å². The van der Waals surface area contributed by atoms with Crippen LogP contribution in [-0.4, -0.2) is 34.2 Å². The minimum Gasteiger partial charge on any atom is -0.339 e. The fourth-order valence-electron chi connectivity index (χ4n) is 3.65. The minimum atomic E-state index is -0.233. The number of benzene rings is 1. The Balaban J connectivity index is 0.00000240. The third-order valence-corrected chi connectivity index (χ3v) is 5.15. The Morgan fingerprint density at radius 2 is 1.93 bits per heavy atom. The van der Waals surface area contributed by atoms with Crippen LogP contribution in [0.3, 0.4) is 0 Å². The maximum Gasteiger partial charge on any atom is 0.255 e. The third-order valence-electron chi connectivity index (χ3n) is 5.15. The van der Waals surface area contributed by atoms with Gasteiger partial charge in [0.15, 0.2) is 0 Å². The van der Waals surface area contributed by atoms with Crippen molar-refractivity contribution in [2.75, 3.05) is 24.5 Å². The standard InChI is InChI=1S/C21H22FN5O.ClH/c1-14-11-16(22)3-4-17(14)19-13-27(10-9-24-19)21-25-18(12-20(28)26(21)2)15-5-7-23-8-6-15;/h3-8,11-12,19,24H,9-10,13H2,1-2H3;1H. The van der Waals surface area contributed by atoms with Gasteiger partial charge < -0.3 is 10.2 Å². The molecule has 4 rings (SSSR count). The highest BCUT2D eigenvalue weighted by molar-refractivity contribution is 5.85. The van der Waals surface area contributed by atoms with Gasteiger partial charge in [-0.25, -0.2) is 9.37 Å². The van der Waals surface area contributed by atoms with Crippen LogP contribution < -0.4 is 15.8 Å². The fourth-order valence-corrected chi connectivity index (χ4v) is 3.65. The molecule has 0 spiro atoms. The summed E-state index contributed by atoms with van der Waals surface area (Å²) in [4.78, 5) is 23.4. The number of anilines is 1. The van der Waals surface area contributed by atoms with Gasteiger partial charge in [-0.2, -0.15) is 0 Å². The molecule has 0 aliphatic carbocycles. The van der Waals surface area contributed by atoms with Gasteiger partial charge in [0.05, 0.1) is 11.7 Å². The Morgan fingerprint density at radius 3 is 2.66 bits per heavy atom. The predicted molar refractivity (Wildman–Crippen MR) is 114 cm³/mol. The number of hydrogen-bond donors (Lipinski definition) is 1. The molecule has 0 amide bonds. The highest BCUT2D eigenvalue weighted by Gasteiger charge is 2.25. The molecule has 1 atom stereocenters. The Bertz CT molecular complexity index is 1060. The lowest BCUT2D eigenvalue weighted by Crippen LogP contribution is -2.48. The maximum atomic E-state index is 13.5. The summed E-state index contributed by atoms with van der Waals surface area (Å²) in [6.45, 7) is 4.04. The zero-order valence-electron chi connectivity index (χ0n) is 16.3. The van der Waals surface area contributed by atoms with E-state index in [0.29, 0.717) is 18.2 Å². The molecule has 1 N–H and O–H groups in total. The first-order chi connectivity index (χ1) is 13.5. The Morgan fingerprint density at radius 1 is 1.17 bits per heavy atom. The first-order valence-electron chi connectivity index (χ1n) is 9.26. The first kappa shape index (κ1) is 21.0. The number of nitrogens with one attached hydrogen (secondary N) is 1. The summed E-state index contributed by atoms with van der Waals surface area (Å²) in [5.74, 6) is 0.397. The Labute approximate surface area is 174 Å². The van der Waals surface area contributed by atoms with Gasteiger partial charge in [-0.15, -0.1) is 12.4 Å². The summed E-state index contributed by atoms with van der Waals surface area (Å²) in [5.41, 5.74) is 3.35. The van der Waals surface area contributed by atoms with Crippen LogP contribution in [0, 0.1) is 12.7 Å². The number of halogens is 2. The molecule has 0 radical (unpaired) electrons. The third kappa shape index (κ3) is 4.31. The second-order valence-electron chi connectivity index (χ2n) is 7.03. The van der Waals surface area contributed by atoms with E-state index >= 15 is 0 Å². The lowest BCUT2D eigenvalue weighted by atomic mass is 9.99. The molecule has 2 aromatic heterocycles. The second-order valence-corrected chi connectivity index (χ2v) is 7.03. The molecule has 3 heterocycles. The minimum absolute atomic E-state index is 0. The normalized spacial score (nSPS) is 16.4. The van der Waals surface area contributed by atoms with E-state index in [0.717, 1.165) is 29.8 Å². The van der Waals surface area contributed by atoms with E-state index in [1.165, 1.54) is 6.07 Å². The average Bonchev–Trinajstić information content (AvgIpc) is 2.70. The van der Waals surface area contributed by atoms with Crippen molar-refractivity contribution in [3.63, 3.8) is 0 Å². The molecule has 1 aliphatic rings. The van der Waals surface area contributed by atoms with Gasteiger partial charge >= 0.3 is 0 Å². The quantitative estimate of drug-likeness (QED) is 0.712. The molecular weight excluding hydrogens is 393 g/mol. The number of aromatic nitrogens is 3. The number of pyridine rings is 1. The van der Waals surface area contributed by atoms with Gasteiger partial charge in [0.1, 0.15) is 5.82 Å². The van der Waals surface area contributed by atoms with E-state index < -0.39 is 0 Å². The molecule has 8 heteroatoms. The lowest BCUT2D eigenvalue weighted by Gasteiger charge is -2.36. The van der Waals surface area contributed by atoms with Crippen molar-refractivity contribution in [2.45, 2.75) is 13.0 Å². The summed E-state index contributed by atoms with van der Waals surface area (Å²) in [6, 6.07) is 10.1. The van der Waals surface area contributed by atoms with Crippen LogP contribution >= 0.6 is 12.4 Å².